The van der Waals surface area contributed by atoms with Crippen molar-refractivity contribution in [2.75, 3.05) is 0 Å². The van der Waals surface area contributed by atoms with Gasteiger partial charge in [-0.3, -0.25) is 9.48 Å². The smallest absolute Gasteiger partial charge is 0.256 e. The van der Waals surface area contributed by atoms with Crippen molar-refractivity contribution in [3.8, 4) is 0 Å². The summed E-state index contributed by atoms with van der Waals surface area (Å²) in [5.41, 5.74) is 1.92. The normalized spacial score (nSPS) is 20.1. The van der Waals surface area contributed by atoms with Crippen LogP contribution < -0.4 is 0 Å². The number of Topliss-reactive ketones (excluding diaryl/α,β-unsaturated/α-hetero) is 1. The molecule has 0 saturated heterocycles. The molecule has 1 aliphatic carbocycles. The fourth-order valence-electron chi connectivity index (χ4n) is 2.11. The van der Waals surface area contributed by atoms with Crippen LogP contribution in [-0.4, -0.2) is 21.5 Å². The van der Waals surface area contributed by atoms with Gasteiger partial charge in [0.05, 0.1) is 18.2 Å². The number of carbonyl (C=O) groups excluding carboxylic acids is 1. The summed E-state index contributed by atoms with van der Waals surface area (Å²) in [7, 11) is 0. The van der Waals surface area contributed by atoms with E-state index in [1.165, 1.54) is 11.6 Å². The Morgan fingerprint density at radius 3 is 2.33 bits per heavy atom. The lowest BCUT2D eigenvalue weighted by atomic mass is 10.1. The van der Waals surface area contributed by atoms with E-state index >= 15 is 0 Å². The third-order valence-corrected chi connectivity index (χ3v) is 2.98. The molecule has 5 heteroatoms. The zero-order chi connectivity index (χ0) is 14.1. The highest BCUT2D eigenvalue weighted by atomic mass is 19.3. The predicted octanol–water partition coefficient (Wildman–Crippen LogP) is 3.24. The van der Waals surface area contributed by atoms with E-state index in [0.29, 0.717) is 17.0 Å². The van der Waals surface area contributed by atoms with Crippen LogP contribution in [0, 0.1) is 13.8 Å². The molecule has 0 N–H and O–H groups in total. The summed E-state index contributed by atoms with van der Waals surface area (Å²) in [6.07, 6.45) is -0.0968. The standard InChI is InChI=1S/C11H14F2N2O.C2H6/c1-6(16)5-15-8(3)10(7(2)14-15)9-4-11(9,12)13;1-2/h9H,4-5H2,1-3H3;1-2H3. The van der Waals surface area contributed by atoms with Crippen LogP contribution in [0.3, 0.4) is 0 Å². The fourth-order valence-corrected chi connectivity index (χ4v) is 2.11. The maximum absolute atomic E-state index is 13.0. The number of halogens is 2. The molecule has 1 saturated carbocycles. The average molecular weight is 258 g/mol. The van der Waals surface area contributed by atoms with Gasteiger partial charge in [-0.2, -0.15) is 5.10 Å². The zero-order valence-corrected chi connectivity index (χ0v) is 11.6. The summed E-state index contributed by atoms with van der Waals surface area (Å²) in [6.45, 7) is 9.08. The second-order valence-electron chi connectivity index (χ2n) is 4.46. The number of rotatable bonds is 3. The van der Waals surface area contributed by atoms with E-state index < -0.39 is 11.8 Å². The van der Waals surface area contributed by atoms with E-state index in [1.54, 1.807) is 13.8 Å². The Morgan fingerprint density at radius 2 is 1.94 bits per heavy atom. The van der Waals surface area contributed by atoms with Crippen molar-refractivity contribution in [3.05, 3.63) is 17.0 Å². The Kier molecular flexibility index (Phi) is 4.24. The van der Waals surface area contributed by atoms with Crippen LogP contribution in [0.15, 0.2) is 0 Å². The highest BCUT2D eigenvalue weighted by molar-refractivity contribution is 5.75. The summed E-state index contributed by atoms with van der Waals surface area (Å²) >= 11 is 0. The second-order valence-corrected chi connectivity index (χ2v) is 4.46. The molecule has 0 amide bonds. The van der Waals surface area contributed by atoms with Crippen LogP contribution in [0.2, 0.25) is 0 Å². The highest BCUT2D eigenvalue weighted by Crippen LogP contribution is 2.57. The minimum Gasteiger partial charge on any atom is -0.298 e. The minimum absolute atomic E-state index is 0.0280. The van der Waals surface area contributed by atoms with E-state index in [0.717, 1.165) is 0 Å². The summed E-state index contributed by atoms with van der Waals surface area (Å²) < 4.78 is 27.5. The van der Waals surface area contributed by atoms with Crippen LogP contribution in [0.25, 0.3) is 0 Å². The summed E-state index contributed by atoms with van der Waals surface area (Å²) in [5.74, 6) is -3.31. The molecule has 102 valence electrons. The van der Waals surface area contributed by atoms with Gasteiger partial charge in [-0.25, -0.2) is 8.78 Å². The van der Waals surface area contributed by atoms with Gasteiger partial charge in [0.1, 0.15) is 0 Å². The zero-order valence-electron chi connectivity index (χ0n) is 11.6. The molecular formula is C13H20F2N2O. The first-order valence-corrected chi connectivity index (χ1v) is 6.24. The number of carbonyl (C=O) groups is 1. The Bertz CT molecular complexity index is 452. The average Bonchev–Trinajstić information content (AvgIpc) is 2.79. The van der Waals surface area contributed by atoms with Gasteiger partial charge in [-0.1, -0.05) is 13.8 Å². The molecule has 3 nitrogen and oxygen atoms in total. The van der Waals surface area contributed by atoms with Gasteiger partial charge >= 0.3 is 0 Å². The maximum Gasteiger partial charge on any atom is 0.256 e. The number of hydrogen-bond donors (Lipinski definition) is 0. The molecule has 2 rings (SSSR count). The molecule has 1 aromatic heterocycles. The molecule has 0 aromatic carbocycles. The van der Waals surface area contributed by atoms with Crippen LogP contribution in [0.1, 0.15) is 50.1 Å². The van der Waals surface area contributed by atoms with Gasteiger partial charge in [0.25, 0.3) is 5.92 Å². The first-order chi connectivity index (χ1) is 8.33. The third-order valence-electron chi connectivity index (χ3n) is 2.98. The highest BCUT2D eigenvalue weighted by Gasteiger charge is 2.59. The lowest BCUT2D eigenvalue weighted by molar-refractivity contribution is -0.117. The van der Waals surface area contributed by atoms with Crippen LogP contribution in [0.4, 0.5) is 8.78 Å². The monoisotopic (exact) mass is 258 g/mol. The lowest BCUT2D eigenvalue weighted by Gasteiger charge is -2.02. The molecule has 1 aliphatic rings. The Labute approximate surface area is 106 Å². The molecular weight excluding hydrogens is 238 g/mol. The van der Waals surface area contributed by atoms with E-state index in [2.05, 4.69) is 5.10 Å². The van der Waals surface area contributed by atoms with Crippen molar-refractivity contribution in [2.45, 2.75) is 59.4 Å². The summed E-state index contributed by atoms with van der Waals surface area (Å²) in [4.78, 5) is 11.0. The van der Waals surface area contributed by atoms with Gasteiger partial charge < -0.3 is 0 Å². The second kappa shape index (κ2) is 5.16. The quantitative estimate of drug-likeness (QED) is 0.834. The van der Waals surface area contributed by atoms with Crippen molar-refractivity contribution in [1.29, 1.82) is 0 Å². The first-order valence-electron chi connectivity index (χ1n) is 6.24. The van der Waals surface area contributed by atoms with E-state index in [1.807, 2.05) is 13.8 Å². The number of alkyl halides is 2. The molecule has 0 radical (unpaired) electrons. The van der Waals surface area contributed by atoms with E-state index in [4.69, 9.17) is 0 Å². The van der Waals surface area contributed by atoms with Crippen molar-refractivity contribution in [2.24, 2.45) is 0 Å². The SMILES string of the molecule is CC.CC(=O)Cn1nc(C)c(C2CC2(F)F)c1C. The van der Waals surface area contributed by atoms with E-state index in [-0.39, 0.29) is 18.7 Å². The Hall–Kier alpha value is -1.26. The molecule has 1 atom stereocenters. The molecule has 1 heterocycles. The molecule has 1 fully saturated rings. The Balaban J connectivity index is 0.000000771. The van der Waals surface area contributed by atoms with Crippen molar-refractivity contribution in [3.63, 3.8) is 0 Å². The van der Waals surface area contributed by atoms with Gasteiger partial charge in [0.15, 0.2) is 5.78 Å². The number of ketones is 1. The number of aromatic nitrogens is 2. The molecule has 0 spiro atoms. The predicted molar refractivity (Wildman–Crippen MR) is 66.0 cm³/mol. The van der Waals surface area contributed by atoms with Gasteiger partial charge in [-0.05, 0) is 20.8 Å². The van der Waals surface area contributed by atoms with E-state index in [9.17, 15) is 13.6 Å². The largest absolute Gasteiger partial charge is 0.298 e. The summed E-state index contributed by atoms with van der Waals surface area (Å²) in [6, 6.07) is 0. The van der Waals surface area contributed by atoms with Crippen LogP contribution in [-0.2, 0) is 11.3 Å². The Morgan fingerprint density at radius 1 is 1.44 bits per heavy atom. The topological polar surface area (TPSA) is 34.9 Å². The van der Waals surface area contributed by atoms with Gasteiger partial charge in [-0.15, -0.1) is 0 Å². The van der Waals surface area contributed by atoms with Crippen LogP contribution >= 0.6 is 0 Å². The van der Waals surface area contributed by atoms with Crippen molar-refractivity contribution < 1.29 is 13.6 Å². The first kappa shape index (κ1) is 14.8. The number of hydrogen-bond acceptors (Lipinski definition) is 2. The van der Waals surface area contributed by atoms with Gasteiger partial charge in [0, 0.05) is 17.7 Å². The van der Waals surface area contributed by atoms with Crippen molar-refractivity contribution in [1.82, 2.24) is 9.78 Å². The maximum atomic E-state index is 13.0. The molecule has 0 aliphatic heterocycles. The van der Waals surface area contributed by atoms with Crippen LogP contribution in [0.5, 0.6) is 0 Å². The van der Waals surface area contributed by atoms with Crippen molar-refractivity contribution >= 4 is 5.78 Å². The molecule has 0 bridgehead atoms. The lowest BCUT2D eigenvalue weighted by Crippen LogP contribution is -2.09. The number of nitrogens with zero attached hydrogens (tertiary/aromatic N) is 2. The molecule has 1 unspecified atom stereocenters. The van der Waals surface area contributed by atoms with Gasteiger partial charge in [0.2, 0.25) is 0 Å². The third kappa shape index (κ3) is 2.76. The fraction of sp³-hybridized carbons (Fsp3) is 0.692. The molecule has 18 heavy (non-hydrogen) atoms. The summed E-state index contributed by atoms with van der Waals surface area (Å²) in [5, 5.41) is 4.14. The minimum atomic E-state index is -2.58. The number of aryl methyl sites for hydroxylation is 1. The molecule has 1 aromatic rings.